The van der Waals surface area contributed by atoms with Gasteiger partial charge in [-0.1, -0.05) is 19.1 Å². The van der Waals surface area contributed by atoms with E-state index in [1.807, 2.05) is 0 Å². The lowest BCUT2D eigenvalue weighted by Crippen LogP contribution is -2.27. The summed E-state index contributed by atoms with van der Waals surface area (Å²) in [6.45, 7) is 6.42. The maximum Gasteiger partial charge on any atom is 0.360 e. The van der Waals surface area contributed by atoms with Crippen LogP contribution in [0.25, 0.3) is 5.82 Å². The highest BCUT2D eigenvalue weighted by molar-refractivity contribution is 5.88. The maximum absolute atomic E-state index is 12.0. The van der Waals surface area contributed by atoms with Crippen molar-refractivity contribution in [2.45, 2.75) is 33.2 Å². The molecule has 0 saturated heterocycles. The van der Waals surface area contributed by atoms with Gasteiger partial charge in [-0.05, 0) is 36.2 Å². The Hall–Kier alpha value is -2.49. The molecule has 0 aromatic carbocycles. The van der Waals surface area contributed by atoms with E-state index < -0.39 is 5.97 Å². The van der Waals surface area contributed by atoms with E-state index in [1.54, 1.807) is 0 Å². The zero-order chi connectivity index (χ0) is 16.8. The molecule has 2 N–H and O–H groups in total. The topological polar surface area (TPSA) is 125 Å². The largest absolute Gasteiger partial charge is 0.464 e. The fourth-order valence-corrected chi connectivity index (χ4v) is 2.32. The molecule has 0 saturated carbocycles. The number of methoxy groups -OCH3 is 1. The molecule has 0 fully saturated rings. The van der Waals surface area contributed by atoms with Crippen LogP contribution < -0.4 is 5.73 Å². The molecule has 2 rings (SSSR count). The number of hydrogen-bond acceptors (Lipinski definition) is 9. The highest BCUT2D eigenvalue weighted by Gasteiger charge is 2.25. The highest BCUT2D eigenvalue weighted by Crippen LogP contribution is 2.18. The van der Waals surface area contributed by atoms with Crippen molar-refractivity contribution >= 4 is 11.8 Å². The van der Waals surface area contributed by atoms with Crippen molar-refractivity contribution in [2.75, 3.05) is 25.9 Å². The minimum absolute atomic E-state index is 0.0742. The summed E-state index contributed by atoms with van der Waals surface area (Å²) in [5.41, 5.74) is 6.40. The summed E-state index contributed by atoms with van der Waals surface area (Å²) >= 11 is 0. The molecule has 10 heteroatoms. The summed E-state index contributed by atoms with van der Waals surface area (Å²) in [7, 11) is 1.30. The summed E-state index contributed by atoms with van der Waals surface area (Å²) in [5.74, 6) is -0.282. The van der Waals surface area contributed by atoms with Crippen molar-refractivity contribution in [3.05, 3.63) is 11.4 Å². The number of hydrogen-bond donors (Lipinski definition) is 1. The van der Waals surface area contributed by atoms with Crippen LogP contribution in [0, 0.1) is 0 Å². The van der Waals surface area contributed by atoms with Gasteiger partial charge in [0.15, 0.2) is 5.69 Å². The van der Waals surface area contributed by atoms with Crippen LogP contribution in [0.1, 0.15) is 42.9 Å². The number of anilines is 1. The van der Waals surface area contributed by atoms with Gasteiger partial charge in [0.1, 0.15) is 0 Å². The number of ether oxygens (including phenoxy) is 1. The van der Waals surface area contributed by atoms with Gasteiger partial charge in [0, 0.05) is 6.54 Å². The number of rotatable bonds is 8. The Morgan fingerprint density at radius 3 is 2.52 bits per heavy atom. The third-order valence-corrected chi connectivity index (χ3v) is 3.29. The molecule has 2 aromatic rings. The van der Waals surface area contributed by atoms with Crippen LogP contribution in [0.5, 0.6) is 0 Å². The van der Waals surface area contributed by atoms with Crippen molar-refractivity contribution in [1.82, 2.24) is 30.2 Å². The molecule has 10 nitrogen and oxygen atoms in total. The molecule has 0 spiro atoms. The molecule has 0 aliphatic carbocycles. The van der Waals surface area contributed by atoms with E-state index in [0.717, 1.165) is 25.9 Å². The van der Waals surface area contributed by atoms with Crippen molar-refractivity contribution in [1.29, 1.82) is 0 Å². The third-order valence-electron chi connectivity index (χ3n) is 3.29. The van der Waals surface area contributed by atoms with Gasteiger partial charge in [-0.15, -0.1) is 5.10 Å². The Bertz CT molecular complexity index is 646. The lowest BCUT2D eigenvalue weighted by Gasteiger charge is -2.21. The van der Waals surface area contributed by atoms with E-state index in [-0.39, 0.29) is 17.3 Å². The first kappa shape index (κ1) is 16.9. The summed E-state index contributed by atoms with van der Waals surface area (Å²) < 4.78 is 10.8. The average molecular weight is 323 g/mol. The van der Waals surface area contributed by atoms with Gasteiger partial charge in [-0.3, -0.25) is 4.90 Å². The Morgan fingerprint density at radius 2 is 2.00 bits per heavy atom. The number of esters is 1. The number of nitrogens with zero attached hydrogens (tertiary/aromatic N) is 6. The van der Waals surface area contributed by atoms with E-state index in [2.05, 4.69) is 44.0 Å². The molecule has 2 aromatic heterocycles. The van der Waals surface area contributed by atoms with Gasteiger partial charge in [-0.25, -0.2) is 9.42 Å². The first-order valence-electron chi connectivity index (χ1n) is 7.45. The molecule has 2 heterocycles. The summed E-state index contributed by atoms with van der Waals surface area (Å²) in [4.78, 5) is 14.2. The van der Waals surface area contributed by atoms with Gasteiger partial charge in [-0.2, -0.15) is 4.68 Å². The lowest BCUT2D eigenvalue weighted by atomic mass is 10.2. The van der Waals surface area contributed by atoms with Gasteiger partial charge in [0.25, 0.3) is 0 Å². The number of aromatic nitrogens is 5. The monoisotopic (exact) mass is 323 g/mol. The van der Waals surface area contributed by atoms with E-state index in [9.17, 15) is 4.79 Å². The molecular formula is C13H21N7O3. The number of carbonyl (C=O) groups excluding carboxylic acids is 1. The molecule has 0 atom stereocenters. The first-order chi connectivity index (χ1) is 11.1. The van der Waals surface area contributed by atoms with E-state index in [1.165, 1.54) is 11.8 Å². The van der Waals surface area contributed by atoms with Crippen LogP contribution in [0.3, 0.4) is 0 Å². The summed E-state index contributed by atoms with van der Waals surface area (Å²) in [6, 6.07) is 0. The van der Waals surface area contributed by atoms with Crippen LogP contribution in [0.15, 0.2) is 4.63 Å². The van der Waals surface area contributed by atoms with E-state index in [4.69, 9.17) is 10.5 Å². The van der Waals surface area contributed by atoms with Crippen molar-refractivity contribution in [3.8, 4) is 5.82 Å². The molecule has 0 bridgehead atoms. The molecular weight excluding hydrogens is 302 g/mol. The Balaban J connectivity index is 2.42. The predicted molar refractivity (Wildman–Crippen MR) is 80.8 cm³/mol. The van der Waals surface area contributed by atoms with Crippen LogP contribution in [-0.4, -0.2) is 56.4 Å². The second-order valence-corrected chi connectivity index (χ2v) is 5.04. The molecule has 126 valence electrons. The first-order valence-corrected chi connectivity index (χ1v) is 7.45. The zero-order valence-corrected chi connectivity index (χ0v) is 13.5. The molecule has 0 aliphatic heterocycles. The minimum Gasteiger partial charge on any atom is -0.464 e. The quantitative estimate of drug-likeness (QED) is 0.696. The average Bonchev–Trinajstić information content (AvgIpc) is 3.13. The standard InChI is InChI=1S/C13H21N7O3/c1-4-6-19(7-5-2)8-9-10(13(21)22-3)15-18-20(9)12-11(14)16-23-17-12/h4-8H2,1-3H3,(H2,14,16). The molecule has 0 radical (unpaired) electrons. The van der Waals surface area contributed by atoms with Crippen LogP contribution in [-0.2, 0) is 11.3 Å². The second kappa shape index (κ2) is 7.68. The van der Waals surface area contributed by atoms with Crippen LogP contribution in [0.4, 0.5) is 5.82 Å². The smallest absolute Gasteiger partial charge is 0.360 e. The van der Waals surface area contributed by atoms with E-state index >= 15 is 0 Å². The van der Waals surface area contributed by atoms with Crippen molar-refractivity contribution in [2.24, 2.45) is 0 Å². The van der Waals surface area contributed by atoms with Gasteiger partial charge >= 0.3 is 5.97 Å². The predicted octanol–water partition coefficient (Wildman–Crippen LogP) is 0.641. The fraction of sp³-hybridized carbons (Fsp3) is 0.615. The Morgan fingerprint density at radius 1 is 1.30 bits per heavy atom. The molecule has 0 unspecified atom stereocenters. The molecule has 0 amide bonds. The Labute approximate surface area is 133 Å². The maximum atomic E-state index is 12.0. The highest BCUT2D eigenvalue weighted by atomic mass is 16.6. The van der Waals surface area contributed by atoms with Gasteiger partial charge in [0.05, 0.1) is 12.8 Å². The third kappa shape index (κ3) is 3.65. The SMILES string of the molecule is CCCN(CCC)Cc1c(C(=O)OC)nnn1-c1nonc1N. The fourth-order valence-electron chi connectivity index (χ4n) is 2.32. The van der Waals surface area contributed by atoms with Crippen molar-refractivity contribution < 1.29 is 14.2 Å². The van der Waals surface area contributed by atoms with Gasteiger partial charge in [0.2, 0.25) is 11.6 Å². The lowest BCUT2D eigenvalue weighted by molar-refractivity contribution is 0.0591. The minimum atomic E-state index is -0.561. The normalized spacial score (nSPS) is 11.1. The van der Waals surface area contributed by atoms with E-state index in [0.29, 0.717) is 12.2 Å². The number of nitrogen functional groups attached to an aromatic ring is 1. The summed E-state index contributed by atoms with van der Waals surface area (Å²) in [6.07, 6.45) is 1.98. The Kier molecular flexibility index (Phi) is 5.63. The van der Waals surface area contributed by atoms with Crippen LogP contribution in [0.2, 0.25) is 0 Å². The number of carbonyl (C=O) groups is 1. The summed E-state index contributed by atoms with van der Waals surface area (Å²) in [5, 5.41) is 15.1. The second-order valence-electron chi connectivity index (χ2n) is 5.04. The zero-order valence-electron chi connectivity index (χ0n) is 13.5. The van der Waals surface area contributed by atoms with Gasteiger partial charge < -0.3 is 10.5 Å². The van der Waals surface area contributed by atoms with Crippen LogP contribution >= 0.6 is 0 Å². The molecule has 0 aliphatic rings. The molecule has 23 heavy (non-hydrogen) atoms. The van der Waals surface area contributed by atoms with Crippen molar-refractivity contribution in [3.63, 3.8) is 0 Å². The number of nitrogens with two attached hydrogens (primary N) is 1.